The Morgan fingerprint density at radius 2 is 2.00 bits per heavy atom. The lowest BCUT2D eigenvalue weighted by Gasteiger charge is -2.40. The van der Waals surface area contributed by atoms with Gasteiger partial charge in [0.15, 0.2) is 0 Å². The molecule has 1 rings (SSSR count). The second-order valence-corrected chi connectivity index (χ2v) is 4.22. The molecule has 1 fully saturated rings. The van der Waals surface area contributed by atoms with Crippen LogP contribution >= 0.6 is 0 Å². The van der Waals surface area contributed by atoms with E-state index < -0.39 is 23.4 Å². The summed E-state index contributed by atoms with van der Waals surface area (Å²) < 4.78 is 35.9. The Balaban J connectivity index is 2.51. The maximum Gasteiger partial charge on any atom is 0.418 e. The number of rotatable bonds is 6. The highest BCUT2D eigenvalue weighted by molar-refractivity contribution is 6.04. The van der Waals surface area contributed by atoms with Crippen molar-refractivity contribution in [2.75, 3.05) is 20.3 Å². The predicted molar refractivity (Wildman–Crippen MR) is 58.2 cm³/mol. The summed E-state index contributed by atoms with van der Waals surface area (Å²) in [5.41, 5.74) is -0.569. The first-order chi connectivity index (χ1) is 8.38. The van der Waals surface area contributed by atoms with E-state index in [1.54, 1.807) is 0 Å². The van der Waals surface area contributed by atoms with Gasteiger partial charge in [-0.1, -0.05) is 0 Å². The van der Waals surface area contributed by atoms with E-state index in [0.29, 0.717) is 12.8 Å². The number of alkyl halides is 2. The Morgan fingerprint density at radius 3 is 2.39 bits per heavy atom. The highest BCUT2D eigenvalue weighted by Gasteiger charge is 2.50. The quantitative estimate of drug-likeness (QED) is 0.571. The fourth-order valence-electron chi connectivity index (χ4n) is 1.69. The first-order valence-electron chi connectivity index (χ1n) is 5.76. The number of carbonyl (C=O) groups excluding carboxylic acids is 2. The molecule has 0 unspecified atom stereocenters. The number of halogens is 2. The first-order valence-corrected chi connectivity index (χ1v) is 5.76. The fourth-order valence-corrected chi connectivity index (χ4v) is 1.69. The summed E-state index contributed by atoms with van der Waals surface area (Å²) in [7, 11) is 1.47. The van der Waals surface area contributed by atoms with E-state index in [1.165, 1.54) is 14.0 Å². The standard InChI is InChI=1S/C11H17F2NO4/c1-3-18-9(16)11(12,13)8(15)14-7-10(17-2)5-4-6-10/h3-7H2,1-2H3,(H,14,15). The Labute approximate surface area is 104 Å². The van der Waals surface area contributed by atoms with Crippen LogP contribution in [-0.4, -0.2) is 43.7 Å². The third-order valence-corrected chi connectivity index (χ3v) is 3.09. The minimum absolute atomic E-state index is 0.0304. The molecule has 7 heteroatoms. The third kappa shape index (κ3) is 2.95. The molecule has 1 amide bonds. The third-order valence-electron chi connectivity index (χ3n) is 3.09. The Morgan fingerprint density at radius 1 is 1.39 bits per heavy atom. The summed E-state index contributed by atoms with van der Waals surface area (Å²) >= 11 is 0. The number of ether oxygens (including phenoxy) is 2. The van der Waals surface area contributed by atoms with E-state index in [0.717, 1.165) is 6.42 Å². The van der Waals surface area contributed by atoms with E-state index in [-0.39, 0.29) is 13.2 Å². The van der Waals surface area contributed by atoms with Gasteiger partial charge < -0.3 is 14.8 Å². The molecule has 0 bridgehead atoms. The molecule has 0 saturated heterocycles. The minimum atomic E-state index is -4.16. The Kier molecular flexibility index (Phi) is 4.61. The molecule has 0 spiro atoms. The second kappa shape index (κ2) is 5.60. The average molecular weight is 265 g/mol. The molecular formula is C11H17F2NO4. The SMILES string of the molecule is CCOC(=O)C(F)(F)C(=O)NCC1(OC)CCC1. The van der Waals surface area contributed by atoms with Crippen LogP contribution in [0.15, 0.2) is 0 Å². The fraction of sp³-hybridized carbons (Fsp3) is 0.818. The van der Waals surface area contributed by atoms with E-state index in [1.807, 2.05) is 5.32 Å². The summed E-state index contributed by atoms with van der Waals surface area (Å²) in [5.74, 6) is -7.64. The van der Waals surface area contributed by atoms with Gasteiger partial charge in [0.05, 0.1) is 12.2 Å². The van der Waals surface area contributed by atoms with Crippen LogP contribution in [0.1, 0.15) is 26.2 Å². The lowest BCUT2D eigenvalue weighted by molar-refractivity contribution is -0.178. The smallest absolute Gasteiger partial charge is 0.418 e. The van der Waals surface area contributed by atoms with Gasteiger partial charge in [-0.25, -0.2) is 4.79 Å². The molecule has 0 aliphatic heterocycles. The van der Waals surface area contributed by atoms with Crippen molar-refractivity contribution >= 4 is 11.9 Å². The van der Waals surface area contributed by atoms with Gasteiger partial charge in [0.25, 0.3) is 0 Å². The van der Waals surface area contributed by atoms with Crippen LogP contribution in [0.2, 0.25) is 0 Å². The minimum Gasteiger partial charge on any atom is -0.461 e. The van der Waals surface area contributed by atoms with Crippen molar-refractivity contribution in [2.45, 2.75) is 37.7 Å². The molecular weight excluding hydrogens is 248 g/mol. The molecule has 1 saturated carbocycles. The first kappa shape index (κ1) is 14.8. The molecule has 0 heterocycles. The number of esters is 1. The molecule has 0 atom stereocenters. The van der Waals surface area contributed by atoms with Gasteiger partial charge in [-0.15, -0.1) is 0 Å². The lowest BCUT2D eigenvalue weighted by atomic mass is 9.80. The number of hydrogen-bond donors (Lipinski definition) is 1. The monoisotopic (exact) mass is 265 g/mol. The number of hydrogen-bond acceptors (Lipinski definition) is 4. The predicted octanol–water partition coefficient (Wildman–Crippen LogP) is 0.870. The summed E-state index contributed by atoms with van der Waals surface area (Å²) in [5, 5.41) is 2.04. The number of carbonyl (C=O) groups is 2. The van der Waals surface area contributed by atoms with Crippen LogP contribution in [0.25, 0.3) is 0 Å². The van der Waals surface area contributed by atoms with Crippen molar-refractivity contribution in [3.63, 3.8) is 0 Å². The molecule has 104 valence electrons. The highest BCUT2D eigenvalue weighted by atomic mass is 19.3. The van der Waals surface area contributed by atoms with Crippen LogP contribution < -0.4 is 5.32 Å². The van der Waals surface area contributed by atoms with Gasteiger partial charge >= 0.3 is 17.8 Å². The van der Waals surface area contributed by atoms with Crippen molar-refractivity contribution in [3.05, 3.63) is 0 Å². The second-order valence-electron chi connectivity index (χ2n) is 4.22. The van der Waals surface area contributed by atoms with Crippen LogP contribution in [0.4, 0.5) is 8.78 Å². The molecule has 18 heavy (non-hydrogen) atoms. The van der Waals surface area contributed by atoms with Crippen molar-refractivity contribution in [2.24, 2.45) is 0 Å². The number of amides is 1. The maximum absolute atomic E-state index is 13.3. The van der Waals surface area contributed by atoms with Gasteiger partial charge in [-0.05, 0) is 26.2 Å². The zero-order valence-electron chi connectivity index (χ0n) is 10.4. The molecule has 0 aromatic rings. The van der Waals surface area contributed by atoms with Crippen molar-refractivity contribution in [3.8, 4) is 0 Å². The average Bonchev–Trinajstić information content (AvgIpc) is 2.28. The van der Waals surface area contributed by atoms with Gasteiger partial charge in [-0.3, -0.25) is 4.79 Å². The molecule has 1 N–H and O–H groups in total. The van der Waals surface area contributed by atoms with Crippen molar-refractivity contribution in [1.29, 1.82) is 0 Å². The van der Waals surface area contributed by atoms with E-state index >= 15 is 0 Å². The molecule has 1 aliphatic rings. The van der Waals surface area contributed by atoms with E-state index in [4.69, 9.17) is 4.74 Å². The molecule has 5 nitrogen and oxygen atoms in total. The molecule has 1 aliphatic carbocycles. The van der Waals surface area contributed by atoms with E-state index in [2.05, 4.69) is 4.74 Å². The van der Waals surface area contributed by atoms with Crippen LogP contribution in [0.5, 0.6) is 0 Å². The zero-order valence-corrected chi connectivity index (χ0v) is 10.4. The summed E-state index contributed by atoms with van der Waals surface area (Å²) in [6.45, 7) is 1.15. The number of methoxy groups -OCH3 is 1. The topological polar surface area (TPSA) is 64.6 Å². The van der Waals surface area contributed by atoms with Crippen LogP contribution in [0, 0.1) is 0 Å². The van der Waals surface area contributed by atoms with Crippen LogP contribution in [0.3, 0.4) is 0 Å². The van der Waals surface area contributed by atoms with Gasteiger partial charge in [0, 0.05) is 13.7 Å². The largest absolute Gasteiger partial charge is 0.461 e. The van der Waals surface area contributed by atoms with E-state index in [9.17, 15) is 18.4 Å². The summed E-state index contributed by atoms with van der Waals surface area (Å²) in [6, 6.07) is 0. The van der Waals surface area contributed by atoms with Gasteiger partial charge in [-0.2, -0.15) is 8.78 Å². The van der Waals surface area contributed by atoms with Crippen LogP contribution in [-0.2, 0) is 19.1 Å². The van der Waals surface area contributed by atoms with Crippen molar-refractivity contribution in [1.82, 2.24) is 5.32 Å². The number of nitrogens with one attached hydrogen (secondary N) is 1. The maximum atomic E-state index is 13.3. The lowest BCUT2D eigenvalue weighted by Crippen LogP contribution is -2.54. The molecule has 0 radical (unpaired) electrons. The molecule has 0 aromatic carbocycles. The summed E-state index contributed by atoms with van der Waals surface area (Å²) in [4.78, 5) is 22.2. The van der Waals surface area contributed by atoms with Crippen molar-refractivity contribution < 1.29 is 27.8 Å². The summed E-state index contributed by atoms with van der Waals surface area (Å²) in [6.07, 6.45) is 2.33. The zero-order chi connectivity index (χ0) is 13.8. The Bertz CT molecular complexity index is 323. The van der Waals surface area contributed by atoms with Gasteiger partial charge in [0.1, 0.15) is 0 Å². The van der Waals surface area contributed by atoms with Gasteiger partial charge in [0.2, 0.25) is 0 Å². The highest BCUT2D eigenvalue weighted by Crippen LogP contribution is 2.34. The Hall–Kier alpha value is -1.24. The molecule has 0 aromatic heterocycles. The normalized spacial score (nSPS) is 17.8.